The molecule has 1 fully saturated rings. The van der Waals surface area contributed by atoms with E-state index in [-0.39, 0.29) is 17.1 Å². The molecule has 100 valence electrons. The van der Waals surface area contributed by atoms with Crippen LogP contribution in [0.2, 0.25) is 0 Å². The third-order valence-corrected chi connectivity index (χ3v) is 3.06. The van der Waals surface area contributed by atoms with Crippen molar-refractivity contribution in [3.63, 3.8) is 0 Å². The summed E-state index contributed by atoms with van der Waals surface area (Å²) in [6.45, 7) is 13.3. The quantitative estimate of drug-likeness (QED) is 0.700. The highest BCUT2D eigenvalue weighted by atomic mass is 16.6. The second-order valence-electron chi connectivity index (χ2n) is 6.87. The van der Waals surface area contributed by atoms with Gasteiger partial charge in [-0.05, 0) is 26.2 Å². The maximum absolute atomic E-state index is 11.8. The lowest BCUT2D eigenvalue weighted by Crippen LogP contribution is -2.45. The number of carbonyl (C=O) groups is 1. The van der Waals surface area contributed by atoms with Gasteiger partial charge in [0.2, 0.25) is 0 Å². The molecule has 0 spiro atoms. The van der Waals surface area contributed by atoms with E-state index >= 15 is 0 Å². The van der Waals surface area contributed by atoms with Crippen LogP contribution in [0.25, 0.3) is 0 Å². The Labute approximate surface area is 104 Å². The van der Waals surface area contributed by atoms with Crippen molar-refractivity contribution in [1.82, 2.24) is 4.90 Å². The van der Waals surface area contributed by atoms with Gasteiger partial charge in [0, 0.05) is 7.05 Å². The molecule has 0 bridgehead atoms. The van der Waals surface area contributed by atoms with E-state index in [1.165, 1.54) is 0 Å². The van der Waals surface area contributed by atoms with Crippen molar-refractivity contribution in [2.45, 2.75) is 52.7 Å². The van der Waals surface area contributed by atoms with E-state index in [0.29, 0.717) is 13.2 Å². The second-order valence-corrected chi connectivity index (χ2v) is 6.87. The molecule has 1 unspecified atom stereocenters. The zero-order valence-electron chi connectivity index (χ0n) is 12.1. The smallest absolute Gasteiger partial charge is 0.410 e. The monoisotopic (exact) mass is 243 g/mol. The van der Waals surface area contributed by atoms with Crippen LogP contribution in [0.4, 0.5) is 4.79 Å². The molecule has 0 aromatic heterocycles. The number of amides is 1. The molecule has 0 radical (unpaired) electrons. The highest BCUT2D eigenvalue weighted by Gasteiger charge is 2.55. The minimum absolute atomic E-state index is 0.0310. The first-order valence-corrected chi connectivity index (χ1v) is 6.05. The first-order valence-electron chi connectivity index (χ1n) is 6.05. The number of epoxide rings is 1. The van der Waals surface area contributed by atoms with Crippen LogP contribution in [0.1, 0.15) is 41.5 Å². The fourth-order valence-electron chi connectivity index (χ4n) is 1.64. The van der Waals surface area contributed by atoms with Gasteiger partial charge in [0.25, 0.3) is 0 Å². The largest absolute Gasteiger partial charge is 0.444 e. The van der Waals surface area contributed by atoms with Crippen LogP contribution in [0.15, 0.2) is 0 Å². The molecule has 1 amide bonds. The summed E-state index contributed by atoms with van der Waals surface area (Å²) in [6, 6.07) is 0. The molecule has 1 aliphatic heterocycles. The van der Waals surface area contributed by atoms with Crippen molar-refractivity contribution in [1.29, 1.82) is 0 Å². The normalized spacial score (nSPS) is 24.4. The summed E-state index contributed by atoms with van der Waals surface area (Å²) >= 11 is 0. The third-order valence-electron chi connectivity index (χ3n) is 3.06. The summed E-state index contributed by atoms with van der Waals surface area (Å²) < 4.78 is 10.9. The van der Waals surface area contributed by atoms with Gasteiger partial charge in [-0.15, -0.1) is 0 Å². The molecule has 0 aliphatic carbocycles. The molecular formula is C13H25NO3. The highest BCUT2D eigenvalue weighted by molar-refractivity contribution is 5.67. The number of rotatable bonds is 2. The van der Waals surface area contributed by atoms with Crippen LogP contribution in [-0.4, -0.2) is 42.4 Å². The van der Waals surface area contributed by atoms with E-state index in [4.69, 9.17) is 9.47 Å². The predicted octanol–water partition coefficient (Wildman–Crippen LogP) is 2.67. The van der Waals surface area contributed by atoms with Gasteiger partial charge in [0.05, 0.1) is 13.2 Å². The summed E-state index contributed by atoms with van der Waals surface area (Å²) in [5.74, 6) is 0. The molecule has 4 nitrogen and oxygen atoms in total. The minimum Gasteiger partial charge on any atom is -0.444 e. The fourth-order valence-corrected chi connectivity index (χ4v) is 1.64. The molecule has 0 aromatic carbocycles. The summed E-state index contributed by atoms with van der Waals surface area (Å²) in [5, 5.41) is 0. The first kappa shape index (κ1) is 14.3. The lowest BCUT2D eigenvalue weighted by Gasteiger charge is -2.32. The SMILES string of the molecule is CN(CC1(C(C)(C)C)CO1)C(=O)OC(C)(C)C. The molecule has 0 N–H and O–H groups in total. The Kier molecular flexibility index (Phi) is 3.50. The van der Waals surface area contributed by atoms with Crippen molar-refractivity contribution in [2.75, 3.05) is 20.2 Å². The van der Waals surface area contributed by atoms with Gasteiger partial charge in [-0.3, -0.25) is 0 Å². The van der Waals surface area contributed by atoms with Crippen molar-refractivity contribution < 1.29 is 14.3 Å². The molecule has 1 atom stereocenters. The van der Waals surface area contributed by atoms with E-state index in [9.17, 15) is 4.79 Å². The van der Waals surface area contributed by atoms with E-state index in [2.05, 4.69) is 20.8 Å². The van der Waals surface area contributed by atoms with Crippen LogP contribution in [-0.2, 0) is 9.47 Å². The molecule has 1 heterocycles. The molecule has 4 heteroatoms. The van der Waals surface area contributed by atoms with Crippen molar-refractivity contribution >= 4 is 6.09 Å². The Morgan fingerprint density at radius 1 is 1.29 bits per heavy atom. The van der Waals surface area contributed by atoms with Crippen LogP contribution in [0.5, 0.6) is 0 Å². The number of nitrogens with zero attached hydrogens (tertiary/aromatic N) is 1. The Hall–Kier alpha value is -0.770. The summed E-state index contributed by atoms with van der Waals surface area (Å²) in [6.07, 6.45) is -0.295. The van der Waals surface area contributed by atoms with E-state index in [1.54, 1.807) is 11.9 Å². The van der Waals surface area contributed by atoms with Gasteiger partial charge in [0.1, 0.15) is 11.2 Å². The van der Waals surface area contributed by atoms with Gasteiger partial charge in [0.15, 0.2) is 0 Å². The topological polar surface area (TPSA) is 42.1 Å². The summed E-state index contributed by atoms with van der Waals surface area (Å²) in [4.78, 5) is 13.4. The standard InChI is InChI=1S/C13H25NO3/c1-11(2,3)13(9-16-13)8-14(7)10(15)17-12(4,5)6/h8-9H2,1-7H3. The fraction of sp³-hybridized carbons (Fsp3) is 0.923. The minimum atomic E-state index is -0.454. The molecular weight excluding hydrogens is 218 g/mol. The van der Waals surface area contributed by atoms with Gasteiger partial charge in [-0.2, -0.15) is 0 Å². The highest BCUT2D eigenvalue weighted by Crippen LogP contribution is 2.44. The van der Waals surface area contributed by atoms with Crippen LogP contribution < -0.4 is 0 Å². The van der Waals surface area contributed by atoms with E-state index in [0.717, 1.165) is 0 Å². The summed E-state index contributed by atoms with van der Waals surface area (Å²) in [7, 11) is 1.75. The van der Waals surface area contributed by atoms with Crippen molar-refractivity contribution in [3.8, 4) is 0 Å². The van der Waals surface area contributed by atoms with Gasteiger partial charge >= 0.3 is 6.09 Å². The number of hydrogen-bond donors (Lipinski definition) is 0. The second kappa shape index (κ2) is 4.16. The zero-order chi connectivity index (χ0) is 13.5. The molecule has 1 saturated heterocycles. The van der Waals surface area contributed by atoms with E-state index < -0.39 is 5.60 Å². The predicted molar refractivity (Wildman–Crippen MR) is 67.0 cm³/mol. The molecule has 0 saturated carbocycles. The molecule has 1 rings (SSSR count). The Morgan fingerprint density at radius 3 is 2.06 bits per heavy atom. The third kappa shape index (κ3) is 3.60. The number of ether oxygens (including phenoxy) is 2. The maximum atomic E-state index is 11.8. The number of likely N-dealkylation sites (N-methyl/N-ethyl adjacent to an activating group) is 1. The van der Waals surface area contributed by atoms with Gasteiger partial charge in [-0.1, -0.05) is 20.8 Å². The Bertz CT molecular complexity index is 295. The molecule has 17 heavy (non-hydrogen) atoms. The number of hydrogen-bond acceptors (Lipinski definition) is 3. The van der Waals surface area contributed by atoms with Crippen LogP contribution in [0, 0.1) is 5.41 Å². The van der Waals surface area contributed by atoms with E-state index in [1.807, 2.05) is 20.8 Å². The lowest BCUT2D eigenvalue weighted by atomic mass is 9.80. The molecule has 0 aromatic rings. The van der Waals surface area contributed by atoms with Crippen LogP contribution in [0.3, 0.4) is 0 Å². The molecule has 1 aliphatic rings. The average molecular weight is 243 g/mol. The Balaban J connectivity index is 2.56. The average Bonchev–Trinajstić information content (AvgIpc) is 2.80. The summed E-state index contributed by atoms with van der Waals surface area (Å²) in [5.41, 5.74) is -0.632. The number of carbonyl (C=O) groups excluding carboxylic acids is 1. The van der Waals surface area contributed by atoms with Gasteiger partial charge in [-0.25, -0.2) is 4.79 Å². The maximum Gasteiger partial charge on any atom is 0.410 e. The Morgan fingerprint density at radius 2 is 1.76 bits per heavy atom. The van der Waals surface area contributed by atoms with Gasteiger partial charge < -0.3 is 14.4 Å². The van der Waals surface area contributed by atoms with Crippen LogP contribution >= 0.6 is 0 Å². The zero-order valence-corrected chi connectivity index (χ0v) is 12.1. The van der Waals surface area contributed by atoms with Crippen molar-refractivity contribution in [3.05, 3.63) is 0 Å². The first-order chi connectivity index (χ1) is 7.47. The van der Waals surface area contributed by atoms with Crippen molar-refractivity contribution in [2.24, 2.45) is 5.41 Å². The lowest BCUT2D eigenvalue weighted by molar-refractivity contribution is 0.0193.